The van der Waals surface area contributed by atoms with E-state index in [4.69, 9.17) is 15.2 Å². The number of hydrogen-bond donors (Lipinski definition) is 1. The second kappa shape index (κ2) is 11.1. The van der Waals surface area contributed by atoms with Crippen LogP contribution in [0.3, 0.4) is 0 Å². The van der Waals surface area contributed by atoms with Crippen molar-refractivity contribution in [3.8, 4) is 6.07 Å². The molecule has 4 heterocycles. The summed E-state index contributed by atoms with van der Waals surface area (Å²) in [4.78, 5) is 28.0. The van der Waals surface area contributed by atoms with Crippen LogP contribution in [0.25, 0.3) is 0 Å². The van der Waals surface area contributed by atoms with Gasteiger partial charge in [-0.25, -0.2) is 9.59 Å². The van der Waals surface area contributed by atoms with Crippen LogP contribution in [0.15, 0.2) is 33.7 Å². The Morgan fingerprint density at radius 3 is 1.83 bits per heavy atom. The van der Waals surface area contributed by atoms with Crippen molar-refractivity contribution in [2.45, 2.75) is 76.4 Å². The lowest BCUT2D eigenvalue weighted by Crippen LogP contribution is -2.40. The van der Waals surface area contributed by atoms with Crippen LogP contribution >= 0.6 is 22.7 Å². The third kappa shape index (κ3) is 5.68. The van der Waals surface area contributed by atoms with Crippen molar-refractivity contribution in [1.82, 2.24) is 9.80 Å². The smallest absolute Gasteiger partial charge is 0.410 e. The Balaban J connectivity index is 0.000000168. The molecular formula is C32H44N4O4S2. The van der Waals surface area contributed by atoms with Crippen LogP contribution in [0.1, 0.15) is 65.5 Å². The third-order valence-electron chi connectivity index (χ3n) is 9.38. The molecule has 0 bridgehead atoms. The Labute approximate surface area is 257 Å². The molecule has 6 rings (SSSR count). The van der Waals surface area contributed by atoms with Gasteiger partial charge in [-0.3, -0.25) is 0 Å². The summed E-state index contributed by atoms with van der Waals surface area (Å²) in [5.74, 6) is 1.74. The fourth-order valence-electron chi connectivity index (χ4n) is 7.36. The molecule has 0 aromatic carbocycles. The lowest BCUT2D eigenvalue weighted by atomic mass is 9.94. The van der Waals surface area contributed by atoms with E-state index >= 15 is 0 Å². The second-order valence-corrected chi connectivity index (χ2v) is 15.7. The van der Waals surface area contributed by atoms with Crippen LogP contribution < -0.4 is 5.73 Å². The van der Waals surface area contributed by atoms with E-state index in [2.05, 4.69) is 28.3 Å². The van der Waals surface area contributed by atoms with Crippen molar-refractivity contribution in [3.05, 3.63) is 44.8 Å². The van der Waals surface area contributed by atoms with Gasteiger partial charge in [-0.15, -0.1) is 0 Å². The number of fused-ring (bicyclic) bond motifs is 2. The van der Waals surface area contributed by atoms with E-state index in [1.807, 2.05) is 57.9 Å². The number of nitrogens with two attached hydrogens (primary N) is 1. The number of rotatable bonds is 3. The van der Waals surface area contributed by atoms with Crippen LogP contribution in [0.5, 0.6) is 0 Å². The first kappa shape index (κ1) is 30.8. The Morgan fingerprint density at radius 2 is 1.38 bits per heavy atom. The lowest BCUT2D eigenvalue weighted by Gasteiger charge is -2.29. The Hall–Kier alpha value is -2.61. The summed E-state index contributed by atoms with van der Waals surface area (Å²) in [6.45, 7) is 14.9. The van der Waals surface area contributed by atoms with Crippen molar-refractivity contribution in [3.63, 3.8) is 0 Å². The molecule has 10 heteroatoms. The number of hydrogen-bond acceptors (Lipinski definition) is 8. The van der Waals surface area contributed by atoms with E-state index in [-0.39, 0.29) is 28.9 Å². The zero-order valence-electron chi connectivity index (χ0n) is 25.6. The monoisotopic (exact) mass is 612 g/mol. The van der Waals surface area contributed by atoms with E-state index in [1.165, 1.54) is 5.56 Å². The zero-order valence-corrected chi connectivity index (χ0v) is 27.2. The summed E-state index contributed by atoms with van der Waals surface area (Å²) in [6, 6.07) is 6.77. The number of piperidine rings is 2. The molecule has 0 spiro atoms. The van der Waals surface area contributed by atoms with E-state index in [0.29, 0.717) is 37.4 Å². The highest BCUT2D eigenvalue weighted by Gasteiger charge is 2.68. The van der Waals surface area contributed by atoms with Crippen LogP contribution in [0.4, 0.5) is 9.59 Å². The van der Waals surface area contributed by atoms with Gasteiger partial charge >= 0.3 is 12.2 Å². The molecule has 4 aliphatic rings. The molecular weight excluding hydrogens is 569 g/mol. The lowest BCUT2D eigenvalue weighted by molar-refractivity contribution is 0.0196. The number of ether oxygens (including phenoxy) is 2. The van der Waals surface area contributed by atoms with Gasteiger partial charge in [0.05, 0.1) is 11.5 Å². The summed E-state index contributed by atoms with van der Waals surface area (Å²) < 4.78 is 10.9. The summed E-state index contributed by atoms with van der Waals surface area (Å²) in [7, 11) is 0. The average Bonchev–Trinajstić information content (AvgIpc) is 3.41. The molecule has 2 aromatic heterocycles. The minimum absolute atomic E-state index is 0.0940. The normalized spacial score (nSPS) is 31.5. The quantitative estimate of drug-likeness (QED) is 0.440. The number of nitrogens with zero attached hydrogens (tertiary/aromatic N) is 3. The minimum atomic E-state index is -0.475. The molecule has 0 radical (unpaired) electrons. The Morgan fingerprint density at radius 1 is 0.881 bits per heavy atom. The van der Waals surface area contributed by atoms with Gasteiger partial charge in [0.1, 0.15) is 11.2 Å². The van der Waals surface area contributed by atoms with Crippen LogP contribution in [0.2, 0.25) is 0 Å². The summed E-state index contributed by atoms with van der Waals surface area (Å²) in [5, 5.41) is 18.1. The van der Waals surface area contributed by atoms with Crippen LogP contribution in [0, 0.1) is 35.0 Å². The minimum Gasteiger partial charge on any atom is -0.444 e. The molecule has 2 saturated carbocycles. The number of carbonyl (C=O) groups excluding carboxylic acids is 2. The average molecular weight is 613 g/mol. The Kier molecular flexibility index (Phi) is 8.18. The van der Waals surface area contributed by atoms with Crippen molar-refractivity contribution < 1.29 is 19.1 Å². The summed E-state index contributed by atoms with van der Waals surface area (Å²) in [5.41, 5.74) is 7.40. The Bertz CT molecular complexity index is 1310. The van der Waals surface area contributed by atoms with Crippen LogP contribution in [-0.4, -0.2) is 65.9 Å². The fourth-order valence-corrected chi connectivity index (χ4v) is 8.83. The van der Waals surface area contributed by atoms with E-state index in [9.17, 15) is 14.9 Å². The zero-order chi connectivity index (χ0) is 30.5. The molecule has 2 aromatic rings. The molecule has 6 atom stereocenters. The molecule has 42 heavy (non-hydrogen) atoms. The van der Waals surface area contributed by atoms with Gasteiger partial charge in [-0.2, -0.15) is 27.9 Å². The molecule has 2 amide bonds. The van der Waals surface area contributed by atoms with Crippen molar-refractivity contribution in [2.75, 3.05) is 32.7 Å². The maximum Gasteiger partial charge on any atom is 0.410 e. The molecule has 2 aliphatic carbocycles. The van der Waals surface area contributed by atoms with Gasteiger partial charge in [-0.1, -0.05) is 0 Å². The van der Waals surface area contributed by atoms with E-state index in [1.54, 1.807) is 27.6 Å². The maximum absolute atomic E-state index is 12.2. The standard InChI is InChI=1S/C16H24N2O2S.C16H20N2O2S/c2*1-15(2,3)20-14(19)18-6-4-12-13(8-18)16(12,10-17)11-5-7-21-9-11/h5,7,9,12-13H,4,6,8,10,17H2,1-3H3;5,7,9,12-13H,4,6,8H2,1-3H3. The second-order valence-electron chi connectivity index (χ2n) is 14.1. The van der Waals surface area contributed by atoms with E-state index < -0.39 is 11.2 Å². The first-order valence-electron chi connectivity index (χ1n) is 14.9. The number of nitriles is 1. The van der Waals surface area contributed by atoms with Gasteiger partial charge in [-0.05, 0) is 117 Å². The number of carbonyl (C=O) groups is 2. The number of amides is 2. The maximum atomic E-state index is 12.2. The molecule has 6 unspecified atom stereocenters. The molecule has 8 nitrogen and oxygen atoms in total. The van der Waals surface area contributed by atoms with Crippen molar-refractivity contribution in [2.24, 2.45) is 29.4 Å². The first-order valence-corrected chi connectivity index (χ1v) is 16.8. The summed E-state index contributed by atoms with van der Waals surface area (Å²) >= 11 is 3.35. The summed E-state index contributed by atoms with van der Waals surface area (Å²) in [6.07, 6.45) is 1.46. The molecule has 2 N–H and O–H groups in total. The third-order valence-corrected chi connectivity index (χ3v) is 10.8. The van der Waals surface area contributed by atoms with Gasteiger partial charge in [0.25, 0.3) is 0 Å². The van der Waals surface area contributed by atoms with Crippen molar-refractivity contribution >= 4 is 34.9 Å². The molecule has 2 saturated heterocycles. The van der Waals surface area contributed by atoms with Gasteiger partial charge in [0, 0.05) is 44.1 Å². The highest BCUT2D eigenvalue weighted by Crippen LogP contribution is 2.64. The largest absolute Gasteiger partial charge is 0.444 e. The first-order chi connectivity index (χ1) is 19.8. The SMILES string of the molecule is CC(C)(C)OC(=O)N1CCC2C(C1)C2(C#N)c1ccsc1.CC(C)(C)OC(=O)N1CCC2C(C1)C2(CN)c1ccsc1. The van der Waals surface area contributed by atoms with Crippen LogP contribution in [-0.2, 0) is 20.3 Å². The fraction of sp³-hybridized carbons (Fsp3) is 0.656. The number of likely N-dealkylation sites (tertiary alicyclic amines) is 2. The number of thiophene rings is 2. The van der Waals surface area contributed by atoms with Gasteiger partial charge in [0.15, 0.2) is 0 Å². The molecule has 228 valence electrons. The van der Waals surface area contributed by atoms with Gasteiger partial charge in [0.2, 0.25) is 0 Å². The van der Waals surface area contributed by atoms with Gasteiger partial charge < -0.3 is 25.0 Å². The highest BCUT2D eigenvalue weighted by molar-refractivity contribution is 7.08. The van der Waals surface area contributed by atoms with E-state index in [0.717, 1.165) is 31.5 Å². The predicted molar refractivity (Wildman–Crippen MR) is 165 cm³/mol. The highest BCUT2D eigenvalue weighted by atomic mass is 32.1. The molecule has 4 fully saturated rings. The predicted octanol–water partition coefficient (Wildman–Crippen LogP) is 6.23. The van der Waals surface area contributed by atoms with Crippen molar-refractivity contribution in [1.29, 1.82) is 5.26 Å². The topological polar surface area (TPSA) is 109 Å². The molecule has 2 aliphatic heterocycles.